The van der Waals surface area contributed by atoms with E-state index in [0.717, 1.165) is 75.0 Å². The van der Waals surface area contributed by atoms with Crippen molar-refractivity contribution in [3.05, 3.63) is 53.9 Å². The van der Waals surface area contributed by atoms with Gasteiger partial charge in [-0.25, -0.2) is 18.4 Å². The number of nitrogens with one attached hydrogen (secondary N) is 1. The van der Waals surface area contributed by atoms with Gasteiger partial charge in [-0.1, -0.05) is 12.1 Å². The van der Waals surface area contributed by atoms with Crippen LogP contribution in [-0.2, 0) is 27.6 Å². The molecule has 0 unspecified atom stereocenters. The number of ether oxygens (including phenoxy) is 1. The number of nitrogens with zero attached hydrogens (tertiary/aromatic N) is 8. The van der Waals surface area contributed by atoms with E-state index >= 15 is 0 Å². The van der Waals surface area contributed by atoms with Crippen molar-refractivity contribution in [3.63, 3.8) is 0 Å². The van der Waals surface area contributed by atoms with Crippen molar-refractivity contribution in [2.45, 2.75) is 12.8 Å². The summed E-state index contributed by atoms with van der Waals surface area (Å²) in [4.78, 5) is 25.4. The van der Waals surface area contributed by atoms with Crippen molar-refractivity contribution in [2.75, 3.05) is 86.9 Å². The quantitative estimate of drug-likeness (QED) is 0.429. The molecule has 0 radical (unpaired) electrons. The lowest BCUT2D eigenvalue weighted by molar-refractivity contribution is 0.122. The van der Waals surface area contributed by atoms with Crippen LogP contribution in [-0.4, -0.2) is 109 Å². The van der Waals surface area contributed by atoms with E-state index in [4.69, 9.17) is 14.7 Å². The van der Waals surface area contributed by atoms with Crippen LogP contribution in [0.5, 0.6) is 0 Å². The first-order chi connectivity index (χ1) is 19.4. The van der Waals surface area contributed by atoms with Crippen LogP contribution in [0.4, 0.5) is 29.2 Å². The summed E-state index contributed by atoms with van der Waals surface area (Å²) in [5.41, 5.74) is 3.40. The highest BCUT2D eigenvalue weighted by molar-refractivity contribution is 7.88. The Labute approximate surface area is 235 Å². The molecular weight excluding hydrogens is 530 g/mol. The van der Waals surface area contributed by atoms with Gasteiger partial charge in [-0.3, -0.25) is 0 Å². The van der Waals surface area contributed by atoms with Gasteiger partial charge in [-0.05, 0) is 36.6 Å². The molecule has 0 spiro atoms. The van der Waals surface area contributed by atoms with Gasteiger partial charge in [0, 0.05) is 76.0 Å². The number of aromatic nitrogens is 4. The number of benzene rings is 1. The molecule has 12 nitrogen and oxygen atoms in total. The zero-order valence-corrected chi connectivity index (χ0v) is 23.6. The minimum Gasteiger partial charge on any atom is -0.378 e. The largest absolute Gasteiger partial charge is 0.378 e. The molecule has 2 aromatic heterocycles. The molecule has 3 aliphatic rings. The van der Waals surface area contributed by atoms with Gasteiger partial charge in [0.2, 0.25) is 21.9 Å². The number of rotatable bonds is 8. The van der Waals surface area contributed by atoms with Gasteiger partial charge in [0.15, 0.2) is 0 Å². The van der Waals surface area contributed by atoms with Crippen LogP contribution < -0.4 is 15.1 Å². The molecular formula is C27H35N9O3S. The maximum Gasteiger partial charge on any atom is 0.229 e. The van der Waals surface area contributed by atoms with Gasteiger partial charge in [-0.2, -0.15) is 14.3 Å². The smallest absolute Gasteiger partial charge is 0.229 e. The number of fused-ring (bicyclic) bond motifs is 1. The molecule has 3 aromatic rings. The fourth-order valence-electron chi connectivity index (χ4n) is 5.42. The monoisotopic (exact) mass is 565 g/mol. The predicted molar refractivity (Wildman–Crippen MR) is 154 cm³/mol. The third-order valence-electron chi connectivity index (χ3n) is 7.64. The average molecular weight is 566 g/mol. The number of hydrogen-bond acceptors (Lipinski definition) is 11. The van der Waals surface area contributed by atoms with Crippen molar-refractivity contribution in [3.8, 4) is 0 Å². The standard InChI is InChI=1S/C27H35N9O3S/c1-40(37,38)35-14-12-33(13-15-35)10-6-21-4-2-5-22(20-21)36-11-7-23-24(30-26-28-8-3-9-29-26)31-27(32-25(23)36)34-16-18-39-19-17-34/h2-5,8-9,20H,6-7,10-19H2,1H3,(H,28,29,30,31,32). The molecule has 1 aromatic carbocycles. The van der Waals surface area contributed by atoms with E-state index in [1.54, 1.807) is 22.8 Å². The Balaban J connectivity index is 1.21. The average Bonchev–Trinajstić information content (AvgIpc) is 3.42. The van der Waals surface area contributed by atoms with E-state index in [9.17, 15) is 8.42 Å². The van der Waals surface area contributed by atoms with E-state index in [1.165, 1.54) is 11.8 Å². The molecule has 0 aliphatic carbocycles. The Kier molecular flexibility index (Phi) is 7.78. The molecule has 40 heavy (non-hydrogen) atoms. The minimum absolute atomic E-state index is 0.508. The van der Waals surface area contributed by atoms with Crippen molar-refractivity contribution < 1.29 is 13.2 Å². The van der Waals surface area contributed by atoms with Gasteiger partial charge in [0.25, 0.3) is 0 Å². The Morgan fingerprint density at radius 3 is 2.48 bits per heavy atom. The maximum absolute atomic E-state index is 11.8. The van der Waals surface area contributed by atoms with E-state index in [1.807, 2.05) is 0 Å². The lowest BCUT2D eigenvalue weighted by Crippen LogP contribution is -2.48. The van der Waals surface area contributed by atoms with Crippen molar-refractivity contribution >= 4 is 39.2 Å². The number of anilines is 5. The Morgan fingerprint density at radius 1 is 0.950 bits per heavy atom. The maximum atomic E-state index is 11.8. The van der Waals surface area contributed by atoms with Gasteiger partial charge in [0.05, 0.1) is 19.5 Å². The summed E-state index contributed by atoms with van der Waals surface area (Å²) >= 11 is 0. The fraction of sp³-hybridized carbons (Fsp3) is 0.481. The van der Waals surface area contributed by atoms with Crippen LogP contribution >= 0.6 is 0 Å². The number of morpholine rings is 1. The Morgan fingerprint density at radius 2 is 1.73 bits per heavy atom. The predicted octanol–water partition coefficient (Wildman–Crippen LogP) is 1.66. The summed E-state index contributed by atoms with van der Waals surface area (Å²) in [5.74, 6) is 2.83. The van der Waals surface area contributed by atoms with Crippen LogP contribution in [0, 0.1) is 0 Å². The van der Waals surface area contributed by atoms with Crippen molar-refractivity contribution in [1.29, 1.82) is 0 Å². The first-order valence-corrected chi connectivity index (χ1v) is 15.6. The van der Waals surface area contributed by atoms with Gasteiger partial charge in [0.1, 0.15) is 11.6 Å². The highest BCUT2D eigenvalue weighted by Crippen LogP contribution is 2.38. The number of sulfonamides is 1. The molecule has 3 aliphatic heterocycles. The summed E-state index contributed by atoms with van der Waals surface area (Å²) in [7, 11) is -3.12. The minimum atomic E-state index is -3.12. The van der Waals surface area contributed by atoms with Gasteiger partial charge >= 0.3 is 0 Å². The third-order valence-corrected chi connectivity index (χ3v) is 8.95. The Hall–Kier alpha value is -3.39. The van der Waals surface area contributed by atoms with E-state index < -0.39 is 10.0 Å². The summed E-state index contributed by atoms with van der Waals surface area (Å²) in [5, 5.41) is 3.33. The normalized spacial score (nSPS) is 18.6. The van der Waals surface area contributed by atoms with E-state index in [0.29, 0.717) is 38.2 Å². The zero-order chi connectivity index (χ0) is 27.5. The molecule has 212 valence electrons. The Bertz CT molecular complexity index is 1430. The van der Waals surface area contributed by atoms with Crippen LogP contribution in [0.25, 0.3) is 0 Å². The van der Waals surface area contributed by atoms with Crippen LogP contribution in [0.1, 0.15) is 11.1 Å². The molecule has 0 amide bonds. The van der Waals surface area contributed by atoms with E-state index in [2.05, 4.69) is 54.2 Å². The lowest BCUT2D eigenvalue weighted by Gasteiger charge is -2.33. The highest BCUT2D eigenvalue weighted by atomic mass is 32.2. The molecule has 2 fully saturated rings. The molecule has 0 atom stereocenters. The van der Waals surface area contributed by atoms with E-state index in [-0.39, 0.29) is 0 Å². The molecule has 5 heterocycles. The molecule has 0 saturated carbocycles. The molecule has 2 saturated heterocycles. The summed E-state index contributed by atoms with van der Waals surface area (Å²) in [6.45, 7) is 7.12. The zero-order valence-electron chi connectivity index (χ0n) is 22.7. The third kappa shape index (κ3) is 6.02. The lowest BCUT2D eigenvalue weighted by atomic mass is 10.1. The van der Waals surface area contributed by atoms with Crippen molar-refractivity contribution in [1.82, 2.24) is 29.1 Å². The van der Waals surface area contributed by atoms with Crippen LogP contribution in [0.3, 0.4) is 0 Å². The van der Waals surface area contributed by atoms with Crippen LogP contribution in [0.15, 0.2) is 42.7 Å². The summed E-state index contributed by atoms with van der Waals surface area (Å²) < 4.78 is 30.8. The topological polar surface area (TPSA) is 120 Å². The van der Waals surface area contributed by atoms with Crippen LogP contribution in [0.2, 0.25) is 0 Å². The van der Waals surface area contributed by atoms with Gasteiger partial charge in [-0.15, -0.1) is 0 Å². The first kappa shape index (κ1) is 26.8. The second-order valence-corrected chi connectivity index (χ2v) is 12.3. The summed E-state index contributed by atoms with van der Waals surface area (Å²) in [6, 6.07) is 10.4. The number of piperazine rings is 1. The number of hydrogen-bond donors (Lipinski definition) is 1. The van der Waals surface area contributed by atoms with Crippen molar-refractivity contribution in [2.24, 2.45) is 0 Å². The molecule has 1 N–H and O–H groups in total. The molecule has 0 bridgehead atoms. The fourth-order valence-corrected chi connectivity index (χ4v) is 6.25. The first-order valence-electron chi connectivity index (χ1n) is 13.8. The molecule has 13 heteroatoms. The molecule has 6 rings (SSSR count). The highest BCUT2D eigenvalue weighted by Gasteiger charge is 2.29. The van der Waals surface area contributed by atoms with Gasteiger partial charge < -0.3 is 24.8 Å². The second kappa shape index (κ2) is 11.6. The summed E-state index contributed by atoms with van der Waals surface area (Å²) in [6.07, 6.45) is 6.41. The SMILES string of the molecule is CS(=O)(=O)N1CCN(CCc2cccc(N3CCc4c(Nc5ncccn5)nc(N5CCOCC5)nc43)c2)CC1. The second-order valence-electron chi connectivity index (χ2n) is 10.3.